The molecule has 1 saturated heterocycles. The van der Waals surface area contributed by atoms with Gasteiger partial charge in [-0.3, -0.25) is 14.6 Å². The van der Waals surface area contributed by atoms with Crippen LogP contribution in [0.3, 0.4) is 0 Å². The second-order valence-corrected chi connectivity index (χ2v) is 6.31. The second-order valence-electron chi connectivity index (χ2n) is 5.07. The average molecular weight is 399 g/mol. The molecule has 1 aromatic rings. The quantitative estimate of drug-likeness (QED) is 0.169. The molecule has 1 fully saturated rings. The van der Waals surface area contributed by atoms with Crippen molar-refractivity contribution in [3.8, 4) is 5.75 Å². The lowest BCUT2D eigenvalue weighted by Crippen LogP contribution is -2.58. The monoisotopic (exact) mass is 399 g/mol. The van der Waals surface area contributed by atoms with Crippen LogP contribution in [0.25, 0.3) is 0 Å². The third-order valence-corrected chi connectivity index (χ3v) is 3.66. The first-order valence-electron chi connectivity index (χ1n) is 6.94. The molecule has 1 aliphatic heterocycles. The summed E-state index contributed by atoms with van der Waals surface area (Å²) in [5.41, 5.74) is -0.262. The van der Waals surface area contributed by atoms with Gasteiger partial charge in [-0.15, -0.1) is 0 Å². The smallest absolute Gasteiger partial charge is 0.469 e. The molecule has 148 valence electrons. The molecule has 0 bridgehead atoms. The molecule has 0 radical (unpaired) electrons. The van der Waals surface area contributed by atoms with Crippen LogP contribution in [0.15, 0.2) is 24.3 Å². The number of ether oxygens (including phenoxy) is 1. The minimum absolute atomic E-state index is 0.262. The van der Waals surface area contributed by atoms with E-state index in [1.54, 1.807) is 0 Å². The van der Waals surface area contributed by atoms with Crippen LogP contribution >= 0.6 is 7.82 Å². The number of nitro groups is 1. The molecule has 14 heteroatoms. The Bertz CT molecular complexity index is 651. The fourth-order valence-electron chi connectivity index (χ4n) is 1.86. The molecule has 1 aliphatic rings. The van der Waals surface area contributed by atoms with Crippen molar-refractivity contribution < 1.29 is 54.1 Å². The number of nitro benzene ring substituents is 1. The van der Waals surface area contributed by atoms with Crippen molar-refractivity contribution in [2.24, 2.45) is 0 Å². The lowest BCUT2D eigenvalue weighted by molar-refractivity contribution is -0.385. The van der Waals surface area contributed by atoms with Gasteiger partial charge in [0, 0.05) is 6.07 Å². The minimum Gasteiger partial charge on any atom is -0.502 e. The highest BCUT2D eigenvalue weighted by Crippen LogP contribution is 2.36. The van der Waals surface area contributed by atoms with Crippen LogP contribution in [0.5, 0.6) is 5.75 Å². The first kappa shape index (κ1) is 22.4. The van der Waals surface area contributed by atoms with E-state index >= 15 is 0 Å². The highest BCUT2D eigenvalue weighted by Gasteiger charge is 2.43. The number of nitrogens with zero attached hydrogens (tertiary/aromatic N) is 1. The Hall–Kier alpha value is -1.67. The summed E-state index contributed by atoms with van der Waals surface area (Å²) in [5, 5.41) is 55.6. The van der Waals surface area contributed by atoms with Gasteiger partial charge in [-0.2, -0.15) is 0 Å². The molecule has 1 heterocycles. The van der Waals surface area contributed by atoms with E-state index in [9.17, 15) is 24.9 Å². The molecule has 5 atom stereocenters. The number of benzene rings is 1. The van der Waals surface area contributed by atoms with Crippen LogP contribution in [0.2, 0.25) is 0 Å². The van der Waals surface area contributed by atoms with E-state index < -0.39 is 50.1 Å². The Morgan fingerprint density at radius 2 is 1.69 bits per heavy atom. The third kappa shape index (κ3) is 6.57. The van der Waals surface area contributed by atoms with Gasteiger partial charge in [-0.1, -0.05) is 12.1 Å². The maximum atomic E-state index is 10.4. The van der Waals surface area contributed by atoms with Crippen molar-refractivity contribution in [2.45, 2.75) is 30.7 Å². The predicted molar refractivity (Wildman–Crippen MR) is 81.7 cm³/mol. The van der Waals surface area contributed by atoms with Crippen molar-refractivity contribution in [1.82, 2.24) is 0 Å². The molecule has 0 saturated carbocycles. The molecular weight excluding hydrogens is 381 g/mol. The molecular formula is C12H18NO12P. The van der Waals surface area contributed by atoms with Crippen molar-refractivity contribution >= 4 is 13.5 Å². The Balaban J connectivity index is 0.000000289. The number of phenolic OH excluding ortho intramolecular Hbond substituents is 1. The highest BCUT2D eigenvalue weighted by molar-refractivity contribution is 7.46. The number of aromatic hydroxyl groups is 1. The topological polar surface area (TPSA) is 220 Å². The Kier molecular flexibility index (Phi) is 8.02. The largest absolute Gasteiger partial charge is 0.502 e. The molecule has 0 aromatic heterocycles. The Morgan fingerprint density at radius 3 is 2.15 bits per heavy atom. The summed E-state index contributed by atoms with van der Waals surface area (Å²) >= 11 is 0. The number of phosphoric acid groups is 1. The average Bonchev–Trinajstić information content (AvgIpc) is 2.55. The van der Waals surface area contributed by atoms with E-state index in [0.717, 1.165) is 0 Å². The van der Waals surface area contributed by atoms with Crippen molar-refractivity contribution in [3.63, 3.8) is 0 Å². The maximum absolute atomic E-state index is 10.4. The maximum Gasteiger partial charge on any atom is 0.469 e. The summed E-state index contributed by atoms with van der Waals surface area (Å²) in [6.45, 7) is -0.730. The number of hydrogen-bond donors (Lipinski definition) is 7. The number of phenols is 1. The van der Waals surface area contributed by atoms with E-state index in [4.69, 9.17) is 25.1 Å². The summed E-state index contributed by atoms with van der Waals surface area (Å²) in [7, 11) is -4.73. The molecule has 7 N–H and O–H groups in total. The van der Waals surface area contributed by atoms with Crippen LogP contribution in [0.4, 0.5) is 5.69 Å². The normalized spacial score (nSPS) is 28.8. The van der Waals surface area contributed by atoms with E-state index in [1.165, 1.54) is 24.3 Å². The van der Waals surface area contributed by atoms with Gasteiger partial charge in [0.15, 0.2) is 12.0 Å². The summed E-state index contributed by atoms with van der Waals surface area (Å²) in [6, 6.07) is 5.55. The molecule has 2 rings (SSSR count). The lowest BCUT2D eigenvalue weighted by atomic mass is 10.00. The van der Waals surface area contributed by atoms with E-state index in [2.05, 4.69) is 9.26 Å². The summed E-state index contributed by atoms with van der Waals surface area (Å²) in [4.78, 5) is 26.2. The summed E-state index contributed by atoms with van der Waals surface area (Å²) in [5.74, 6) is -0.299. The summed E-state index contributed by atoms with van der Waals surface area (Å²) < 4.78 is 19.0. The van der Waals surface area contributed by atoms with Gasteiger partial charge in [0.05, 0.1) is 11.5 Å². The lowest BCUT2D eigenvalue weighted by Gasteiger charge is -2.38. The van der Waals surface area contributed by atoms with Gasteiger partial charge >= 0.3 is 13.5 Å². The number of rotatable bonds is 4. The van der Waals surface area contributed by atoms with Gasteiger partial charge in [-0.05, 0) is 6.07 Å². The number of aliphatic hydroxyl groups excluding tert-OH is 4. The van der Waals surface area contributed by atoms with Gasteiger partial charge < -0.3 is 40.1 Å². The third-order valence-electron chi connectivity index (χ3n) is 3.17. The molecule has 13 nitrogen and oxygen atoms in total. The van der Waals surface area contributed by atoms with E-state index in [0.29, 0.717) is 0 Å². The molecule has 0 unspecified atom stereocenters. The standard InChI is InChI=1S/C6H5NO3.C6H13O9P/c8-6-4-2-1-3-5(6)7(9)10;7-3-2(1-14-16(11,12)13)15-6(10)5(9)4(3)8/h1-4,8H;2-10H,1H2,(H2,11,12,13)/t;2-,3+,4+,5-,6-/m.1/s1. The Labute approximate surface area is 146 Å². The SMILES string of the molecule is O=P(O)(O)OC[C@H]1O[C@@H](O)[C@H](O)[C@@H](O)[C@H]1O.O=[N+]([O-])c1ccccc1O. The zero-order valence-corrected chi connectivity index (χ0v) is 13.9. The molecule has 0 aliphatic carbocycles. The zero-order valence-electron chi connectivity index (χ0n) is 13.0. The first-order chi connectivity index (χ1) is 11.9. The number of aliphatic hydroxyl groups is 4. The van der Waals surface area contributed by atoms with Crippen molar-refractivity contribution in [3.05, 3.63) is 34.4 Å². The van der Waals surface area contributed by atoms with Crippen molar-refractivity contribution in [1.29, 1.82) is 0 Å². The van der Waals surface area contributed by atoms with E-state index in [-0.39, 0.29) is 11.4 Å². The number of para-hydroxylation sites is 2. The van der Waals surface area contributed by atoms with Gasteiger partial charge in [0.1, 0.15) is 24.4 Å². The summed E-state index contributed by atoms with van der Waals surface area (Å²) in [6.07, 6.45) is -8.11. The van der Waals surface area contributed by atoms with Crippen LogP contribution in [-0.4, -0.2) is 77.6 Å². The molecule has 1 aromatic carbocycles. The van der Waals surface area contributed by atoms with Gasteiger partial charge in [0.25, 0.3) is 0 Å². The second kappa shape index (κ2) is 9.32. The van der Waals surface area contributed by atoms with Crippen LogP contribution < -0.4 is 0 Å². The number of phosphoric ester groups is 1. The predicted octanol–water partition coefficient (Wildman–Crippen LogP) is -1.80. The molecule has 0 amide bonds. The van der Waals surface area contributed by atoms with Gasteiger partial charge in [0.2, 0.25) is 0 Å². The molecule has 0 spiro atoms. The number of hydrogen-bond acceptors (Lipinski definition) is 10. The van der Waals surface area contributed by atoms with Gasteiger partial charge in [-0.25, -0.2) is 4.57 Å². The fraction of sp³-hybridized carbons (Fsp3) is 0.500. The molecule has 26 heavy (non-hydrogen) atoms. The zero-order chi connectivity index (χ0) is 20.1. The fourth-order valence-corrected chi connectivity index (χ4v) is 2.20. The highest BCUT2D eigenvalue weighted by atomic mass is 31.2. The van der Waals surface area contributed by atoms with Crippen LogP contribution in [0.1, 0.15) is 0 Å². The van der Waals surface area contributed by atoms with Crippen LogP contribution in [-0.2, 0) is 13.8 Å². The minimum atomic E-state index is -4.73. The first-order valence-corrected chi connectivity index (χ1v) is 8.47. The van der Waals surface area contributed by atoms with Crippen LogP contribution in [0, 0.1) is 10.1 Å². The van der Waals surface area contributed by atoms with Crippen molar-refractivity contribution in [2.75, 3.05) is 6.61 Å². The van der Waals surface area contributed by atoms with E-state index in [1.807, 2.05) is 0 Å². The Morgan fingerprint density at radius 1 is 1.12 bits per heavy atom.